The predicted molar refractivity (Wildman–Crippen MR) is 62.2 cm³/mol. The maximum absolute atomic E-state index is 12.4. The Labute approximate surface area is 102 Å². The predicted octanol–water partition coefficient (Wildman–Crippen LogP) is 2.19. The quantitative estimate of drug-likeness (QED) is 0.518. The molecule has 4 unspecified atom stereocenters. The van der Waals surface area contributed by atoms with Gasteiger partial charge in [-0.25, -0.2) is 0 Å². The Bertz CT molecular complexity index is 388. The van der Waals surface area contributed by atoms with Crippen molar-refractivity contribution in [3.8, 4) is 0 Å². The van der Waals surface area contributed by atoms with Crippen LogP contribution in [-0.4, -0.2) is 18.9 Å². The third-order valence-corrected chi connectivity index (χ3v) is 5.93. The summed E-state index contributed by atoms with van der Waals surface area (Å²) in [5.41, 5.74) is -0.678. The van der Waals surface area contributed by atoms with Crippen molar-refractivity contribution in [3.63, 3.8) is 0 Å². The molecule has 17 heavy (non-hydrogen) atoms. The van der Waals surface area contributed by atoms with E-state index in [0.29, 0.717) is 12.3 Å². The highest BCUT2D eigenvalue weighted by Gasteiger charge is 2.72. The number of rotatable bonds is 1. The lowest BCUT2D eigenvalue weighted by molar-refractivity contribution is -0.186. The number of carbonyl (C=O) groups is 2. The summed E-state index contributed by atoms with van der Waals surface area (Å²) in [6.45, 7) is 4.46. The Kier molecular flexibility index (Phi) is 2.06. The fraction of sp³-hybridized carbons (Fsp3) is 0.857. The maximum Gasteiger partial charge on any atom is 0.319 e. The monoisotopic (exact) mass is 236 g/mol. The van der Waals surface area contributed by atoms with Crippen molar-refractivity contribution in [3.05, 3.63) is 0 Å². The smallest absolute Gasteiger partial charge is 0.319 e. The van der Waals surface area contributed by atoms with Crippen LogP contribution < -0.4 is 0 Å². The van der Waals surface area contributed by atoms with Gasteiger partial charge in [-0.1, -0.05) is 13.8 Å². The van der Waals surface area contributed by atoms with Gasteiger partial charge >= 0.3 is 5.97 Å². The molecular weight excluding hydrogens is 216 g/mol. The minimum absolute atomic E-state index is 0.106. The number of esters is 1. The number of fused-ring (bicyclic) bond motifs is 1. The molecule has 0 aromatic rings. The molecule has 0 spiro atoms. The van der Waals surface area contributed by atoms with Gasteiger partial charge in [0.1, 0.15) is 5.41 Å². The highest BCUT2D eigenvalue weighted by Crippen LogP contribution is 2.69. The van der Waals surface area contributed by atoms with Crippen molar-refractivity contribution < 1.29 is 14.3 Å². The van der Waals surface area contributed by atoms with Gasteiger partial charge in [0.25, 0.3) is 0 Å². The van der Waals surface area contributed by atoms with Crippen LogP contribution in [-0.2, 0) is 14.3 Å². The van der Waals surface area contributed by atoms with Crippen LogP contribution in [0, 0.1) is 28.6 Å². The minimum Gasteiger partial charge on any atom is -0.468 e. The van der Waals surface area contributed by atoms with Crippen molar-refractivity contribution >= 4 is 11.8 Å². The van der Waals surface area contributed by atoms with Gasteiger partial charge in [0, 0.05) is 6.42 Å². The summed E-state index contributed by atoms with van der Waals surface area (Å²) < 4.78 is 4.99. The third-order valence-electron chi connectivity index (χ3n) is 5.93. The molecule has 0 aliphatic heterocycles. The Morgan fingerprint density at radius 3 is 2.65 bits per heavy atom. The molecule has 4 saturated carbocycles. The number of Topliss-reactive ketones (excluding diaryl/α,β-unsaturated/α-hetero) is 1. The molecule has 4 atom stereocenters. The summed E-state index contributed by atoms with van der Waals surface area (Å²) in [6, 6.07) is 0. The van der Waals surface area contributed by atoms with E-state index in [4.69, 9.17) is 4.74 Å². The first-order valence-corrected chi connectivity index (χ1v) is 6.57. The molecule has 0 aromatic carbocycles. The Morgan fingerprint density at radius 2 is 2.00 bits per heavy atom. The number of carbonyl (C=O) groups excluding carboxylic acids is 2. The standard InChI is InChI=1S/C14H20O3/c1-13(2)9-6-8-4-5-10(13)14(8,11(15)7-9)12(16)17-3/h8-10H,4-7H2,1-3H3. The Morgan fingerprint density at radius 1 is 1.29 bits per heavy atom. The van der Waals surface area contributed by atoms with Gasteiger partial charge in [-0.15, -0.1) is 0 Å². The lowest BCUT2D eigenvalue weighted by Crippen LogP contribution is -2.62. The lowest BCUT2D eigenvalue weighted by atomic mass is 9.44. The molecule has 0 radical (unpaired) electrons. The van der Waals surface area contributed by atoms with E-state index in [1.165, 1.54) is 7.11 Å². The highest BCUT2D eigenvalue weighted by atomic mass is 16.5. The van der Waals surface area contributed by atoms with Crippen LogP contribution in [0.15, 0.2) is 0 Å². The van der Waals surface area contributed by atoms with E-state index in [2.05, 4.69) is 13.8 Å². The highest BCUT2D eigenvalue weighted by molar-refractivity contribution is 6.06. The lowest BCUT2D eigenvalue weighted by Gasteiger charge is -2.57. The maximum atomic E-state index is 12.4. The summed E-state index contributed by atoms with van der Waals surface area (Å²) in [5, 5.41) is 0. The first-order valence-electron chi connectivity index (χ1n) is 6.57. The number of methoxy groups -OCH3 is 1. The summed E-state index contributed by atoms with van der Waals surface area (Å²) in [6.07, 6.45) is 3.64. The van der Waals surface area contributed by atoms with Gasteiger partial charge in [0.2, 0.25) is 0 Å². The van der Waals surface area contributed by atoms with E-state index in [1.807, 2.05) is 0 Å². The van der Waals surface area contributed by atoms with Crippen LogP contribution in [0.2, 0.25) is 0 Å². The molecule has 0 amide bonds. The molecule has 4 aliphatic rings. The fourth-order valence-electron chi connectivity index (χ4n) is 5.05. The molecule has 94 valence electrons. The molecule has 4 aliphatic carbocycles. The van der Waals surface area contributed by atoms with Gasteiger partial charge < -0.3 is 4.74 Å². The molecule has 0 aromatic heterocycles. The van der Waals surface area contributed by atoms with E-state index in [-0.39, 0.29) is 29.0 Å². The third kappa shape index (κ3) is 1.04. The number of hydrogen-bond acceptors (Lipinski definition) is 3. The fourth-order valence-corrected chi connectivity index (χ4v) is 5.05. The number of hydrogen-bond donors (Lipinski definition) is 0. The van der Waals surface area contributed by atoms with E-state index in [9.17, 15) is 9.59 Å². The SMILES string of the molecule is COC(=O)C12C(=O)CC3CC1CCC2C3(C)C. The Balaban J connectivity index is 2.16. The van der Waals surface area contributed by atoms with Crippen LogP contribution in [0.4, 0.5) is 0 Å². The zero-order chi connectivity index (χ0) is 12.4. The van der Waals surface area contributed by atoms with Crippen LogP contribution in [0.1, 0.15) is 39.5 Å². The van der Waals surface area contributed by atoms with Crippen LogP contribution in [0.25, 0.3) is 0 Å². The van der Waals surface area contributed by atoms with E-state index >= 15 is 0 Å². The van der Waals surface area contributed by atoms with Crippen molar-refractivity contribution in [1.29, 1.82) is 0 Å². The largest absolute Gasteiger partial charge is 0.468 e. The summed E-state index contributed by atoms with van der Waals surface area (Å²) >= 11 is 0. The minimum atomic E-state index is -0.785. The normalized spacial score (nSPS) is 46.1. The van der Waals surface area contributed by atoms with Crippen molar-refractivity contribution in [1.82, 2.24) is 0 Å². The van der Waals surface area contributed by atoms with Crippen LogP contribution >= 0.6 is 0 Å². The number of ether oxygens (including phenoxy) is 1. The molecule has 3 nitrogen and oxygen atoms in total. The van der Waals surface area contributed by atoms with Crippen molar-refractivity contribution in [2.75, 3.05) is 7.11 Å². The molecule has 4 bridgehead atoms. The molecule has 4 fully saturated rings. The first-order chi connectivity index (χ1) is 7.95. The second kappa shape index (κ2) is 3.12. The average Bonchev–Trinajstić information content (AvgIpc) is 2.63. The van der Waals surface area contributed by atoms with Crippen molar-refractivity contribution in [2.45, 2.75) is 39.5 Å². The molecule has 3 heteroatoms. The number of ketones is 1. The van der Waals surface area contributed by atoms with Gasteiger partial charge in [0.15, 0.2) is 5.78 Å². The van der Waals surface area contributed by atoms with E-state index in [1.54, 1.807) is 0 Å². The molecule has 0 N–H and O–H groups in total. The van der Waals surface area contributed by atoms with Crippen molar-refractivity contribution in [2.24, 2.45) is 28.6 Å². The van der Waals surface area contributed by atoms with Gasteiger partial charge in [-0.05, 0) is 42.4 Å². The zero-order valence-electron chi connectivity index (χ0n) is 10.8. The van der Waals surface area contributed by atoms with E-state index in [0.717, 1.165) is 19.3 Å². The molecular formula is C14H20O3. The van der Waals surface area contributed by atoms with Gasteiger partial charge in [-0.2, -0.15) is 0 Å². The topological polar surface area (TPSA) is 43.4 Å². The average molecular weight is 236 g/mol. The summed E-state index contributed by atoms with van der Waals surface area (Å²) in [5.74, 6) is 0.819. The Hall–Kier alpha value is -0.860. The van der Waals surface area contributed by atoms with Gasteiger partial charge in [0.05, 0.1) is 7.11 Å². The zero-order valence-corrected chi connectivity index (χ0v) is 10.8. The van der Waals surface area contributed by atoms with Gasteiger partial charge in [-0.3, -0.25) is 9.59 Å². The van der Waals surface area contributed by atoms with Crippen LogP contribution in [0.5, 0.6) is 0 Å². The molecule has 0 heterocycles. The second-order valence-electron chi connectivity index (χ2n) is 6.57. The van der Waals surface area contributed by atoms with Crippen LogP contribution in [0.3, 0.4) is 0 Å². The van der Waals surface area contributed by atoms with E-state index < -0.39 is 5.41 Å². The second-order valence-corrected chi connectivity index (χ2v) is 6.57. The first kappa shape index (κ1) is 11.2. The summed E-state index contributed by atoms with van der Waals surface area (Å²) in [7, 11) is 1.41. The molecule has 0 saturated heterocycles. The summed E-state index contributed by atoms with van der Waals surface area (Å²) in [4.78, 5) is 24.7. The molecule has 4 rings (SSSR count).